The van der Waals surface area contributed by atoms with Crippen LogP contribution in [0.2, 0.25) is 0 Å². The van der Waals surface area contributed by atoms with Crippen molar-refractivity contribution >= 4 is 5.91 Å². The predicted octanol–water partition coefficient (Wildman–Crippen LogP) is 3.90. The summed E-state index contributed by atoms with van der Waals surface area (Å²) in [6, 6.07) is 23.1. The maximum atomic E-state index is 12.7. The van der Waals surface area contributed by atoms with Crippen LogP contribution in [-0.4, -0.2) is 44.2 Å². The lowest BCUT2D eigenvalue weighted by atomic mass is 10.1. The summed E-state index contributed by atoms with van der Waals surface area (Å²) >= 11 is 0. The van der Waals surface area contributed by atoms with E-state index >= 15 is 0 Å². The van der Waals surface area contributed by atoms with Crippen molar-refractivity contribution in [3.8, 4) is 17.2 Å². The van der Waals surface area contributed by atoms with Crippen LogP contribution in [-0.2, 0) is 13.1 Å². The van der Waals surface area contributed by atoms with E-state index in [0.717, 1.165) is 42.3 Å². The predicted molar refractivity (Wildman–Crippen MR) is 123 cm³/mol. The Morgan fingerprint density at radius 1 is 0.938 bits per heavy atom. The highest BCUT2D eigenvalue weighted by atomic mass is 16.5. The molecular weight excluding hydrogens is 404 g/mol. The lowest BCUT2D eigenvalue weighted by Crippen LogP contribution is -2.53. The van der Waals surface area contributed by atoms with Crippen molar-refractivity contribution in [1.29, 1.82) is 0 Å². The summed E-state index contributed by atoms with van der Waals surface area (Å²) in [6.07, 6.45) is 0.0367. The molecule has 0 unspecified atom stereocenters. The van der Waals surface area contributed by atoms with Gasteiger partial charge in [-0.2, -0.15) is 0 Å². The number of methoxy groups -OCH3 is 2. The zero-order valence-corrected chi connectivity index (χ0v) is 18.4. The minimum Gasteiger partial charge on any atom is -0.497 e. The van der Waals surface area contributed by atoms with Crippen LogP contribution in [0.25, 0.3) is 0 Å². The summed E-state index contributed by atoms with van der Waals surface area (Å²) in [4.78, 5) is 15.0. The molecule has 3 aromatic carbocycles. The molecule has 1 heterocycles. The van der Waals surface area contributed by atoms with Crippen molar-refractivity contribution in [3.63, 3.8) is 0 Å². The van der Waals surface area contributed by atoms with Gasteiger partial charge in [0.15, 0.2) is 0 Å². The maximum absolute atomic E-state index is 12.7. The fraction of sp³-hybridized carbons (Fsp3) is 0.269. The van der Waals surface area contributed by atoms with Crippen molar-refractivity contribution in [2.75, 3.05) is 27.3 Å². The lowest BCUT2D eigenvalue weighted by molar-refractivity contribution is 0.0136. The van der Waals surface area contributed by atoms with Gasteiger partial charge in [-0.25, -0.2) is 0 Å². The molecule has 0 atom stereocenters. The van der Waals surface area contributed by atoms with Gasteiger partial charge < -0.3 is 19.5 Å². The van der Waals surface area contributed by atoms with Gasteiger partial charge in [0.2, 0.25) is 0 Å². The number of carbonyl (C=O) groups excluding carboxylic acids is 1. The average Bonchev–Trinajstić information content (AvgIpc) is 2.82. The van der Waals surface area contributed by atoms with Crippen LogP contribution < -0.4 is 19.5 Å². The molecule has 6 heteroatoms. The van der Waals surface area contributed by atoms with Crippen molar-refractivity contribution in [2.24, 2.45) is 0 Å². The lowest BCUT2D eigenvalue weighted by Gasteiger charge is -2.39. The van der Waals surface area contributed by atoms with E-state index < -0.39 is 0 Å². The first-order valence-corrected chi connectivity index (χ1v) is 10.7. The highest BCUT2D eigenvalue weighted by Crippen LogP contribution is 2.28. The summed E-state index contributed by atoms with van der Waals surface area (Å²) in [5, 5.41) is 2.97. The van der Waals surface area contributed by atoms with Crippen LogP contribution in [0.1, 0.15) is 21.5 Å². The molecule has 6 nitrogen and oxygen atoms in total. The third-order valence-electron chi connectivity index (χ3n) is 5.53. The topological polar surface area (TPSA) is 60.0 Å². The van der Waals surface area contributed by atoms with Gasteiger partial charge in [-0.3, -0.25) is 9.69 Å². The molecule has 0 saturated carbocycles. The summed E-state index contributed by atoms with van der Waals surface area (Å²) in [5.74, 6) is 2.13. The smallest absolute Gasteiger partial charge is 0.255 e. The Labute approximate surface area is 188 Å². The van der Waals surface area contributed by atoms with Gasteiger partial charge in [0.05, 0.1) is 19.8 Å². The minimum absolute atomic E-state index is 0.0367. The Balaban J connectivity index is 1.33. The number of nitrogens with one attached hydrogen (secondary N) is 1. The number of amides is 1. The van der Waals surface area contributed by atoms with Crippen molar-refractivity contribution in [2.45, 2.75) is 19.2 Å². The Bertz CT molecular complexity index is 1050. The standard InChI is InChI=1S/C26H28N2O4/c1-30-21-12-13-24(31-2)20(14-21)16-28-17-22(18-28)32-25-11-7-6-10-23(25)26(29)27-15-19-8-4-3-5-9-19/h3-14,22H,15-18H2,1-2H3,(H,27,29). The van der Waals surface area contributed by atoms with Crippen molar-refractivity contribution < 1.29 is 19.0 Å². The molecule has 1 amide bonds. The van der Waals surface area contributed by atoms with Gasteiger partial charge in [0.1, 0.15) is 23.4 Å². The van der Waals surface area contributed by atoms with E-state index in [1.165, 1.54) is 0 Å². The third-order valence-corrected chi connectivity index (χ3v) is 5.53. The van der Waals surface area contributed by atoms with Crippen LogP contribution in [0.4, 0.5) is 0 Å². The molecule has 1 aliphatic heterocycles. The third kappa shape index (κ3) is 5.21. The number of rotatable bonds is 9. The van der Waals surface area contributed by atoms with Crippen molar-refractivity contribution in [3.05, 3.63) is 89.5 Å². The van der Waals surface area contributed by atoms with Crippen LogP contribution in [0.15, 0.2) is 72.8 Å². The number of hydrogen-bond donors (Lipinski definition) is 1. The average molecular weight is 433 g/mol. The highest BCUT2D eigenvalue weighted by molar-refractivity contribution is 5.96. The second-order valence-electron chi connectivity index (χ2n) is 7.78. The molecule has 166 valence electrons. The van der Waals surface area contributed by atoms with Gasteiger partial charge in [0, 0.05) is 31.7 Å². The molecule has 0 spiro atoms. The summed E-state index contributed by atoms with van der Waals surface area (Å²) < 4.78 is 17.0. The summed E-state index contributed by atoms with van der Waals surface area (Å²) in [7, 11) is 3.33. The molecule has 1 N–H and O–H groups in total. The van der Waals surface area contributed by atoms with E-state index in [4.69, 9.17) is 14.2 Å². The first kappa shape index (κ1) is 21.7. The monoisotopic (exact) mass is 432 g/mol. The van der Waals surface area contributed by atoms with E-state index in [1.54, 1.807) is 20.3 Å². The number of nitrogens with zero attached hydrogens (tertiary/aromatic N) is 1. The SMILES string of the molecule is COc1ccc(OC)c(CN2CC(Oc3ccccc3C(=O)NCc3ccccc3)C2)c1. The van der Waals surface area contributed by atoms with E-state index in [1.807, 2.05) is 66.7 Å². The minimum atomic E-state index is -0.137. The van der Waals surface area contributed by atoms with Crippen LogP contribution in [0.5, 0.6) is 17.2 Å². The number of para-hydroxylation sites is 1. The zero-order chi connectivity index (χ0) is 22.3. The van der Waals surface area contributed by atoms with Crippen LogP contribution >= 0.6 is 0 Å². The molecule has 1 aliphatic rings. The number of carbonyl (C=O) groups is 1. The number of likely N-dealkylation sites (tertiary alicyclic amines) is 1. The molecule has 4 rings (SSSR count). The fourth-order valence-electron chi connectivity index (χ4n) is 3.78. The van der Waals surface area contributed by atoms with E-state index in [0.29, 0.717) is 17.9 Å². The van der Waals surface area contributed by atoms with Gasteiger partial charge in [0.25, 0.3) is 5.91 Å². The molecule has 0 radical (unpaired) electrons. The number of ether oxygens (including phenoxy) is 3. The van der Waals surface area contributed by atoms with E-state index in [2.05, 4.69) is 10.2 Å². The van der Waals surface area contributed by atoms with E-state index in [-0.39, 0.29) is 12.0 Å². The van der Waals surface area contributed by atoms with Crippen LogP contribution in [0.3, 0.4) is 0 Å². The molecule has 0 aliphatic carbocycles. The highest BCUT2D eigenvalue weighted by Gasteiger charge is 2.30. The Hall–Kier alpha value is -3.51. The molecule has 1 saturated heterocycles. The maximum Gasteiger partial charge on any atom is 0.255 e. The number of benzene rings is 3. The molecule has 32 heavy (non-hydrogen) atoms. The Kier molecular flexibility index (Phi) is 6.92. The summed E-state index contributed by atoms with van der Waals surface area (Å²) in [5.41, 5.74) is 2.68. The van der Waals surface area contributed by atoms with Gasteiger partial charge in [-0.1, -0.05) is 42.5 Å². The molecule has 3 aromatic rings. The Morgan fingerprint density at radius 3 is 2.44 bits per heavy atom. The fourth-order valence-corrected chi connectivity index (χ4v) is 3.78. The first-order valence-electron chi connectivity index (χ1n) is 10.7. The van der Waals surface area contributed by atoms with Crippen LogP contribution in [0, 0.1) is 0 Å². The van der Waals surface area contributed by atoms with Gasteiger partial charge in [-0.15, -0.1) is 0 Å². The Morgan fingerprint density at radius 2 is 1.69 bits per heavy atom. The number of hydrogen-bond acceptors (Lipinski definition) is 5. The summed E-state index contributed by atoms with van der Waals surface area (Å²) in [6.45, 7) is 2.79. The largest absolute Gasteiger partial charge is 0.497 e. The van der Waals surface area contributed by atoms with E-state index in [9.17, 15) is 4.79 Å². The van der Waals surface area contributed by atoms with Gasteiger partial charge in [-0.05, 0) is 35.9 Å². The molecule has 0 bridgehead atoms. The molecular formula is C26H28N2O4. The second kappa shape index (κ2) is 10.2. The first-order chi connectivity index (χ1) is 15.7. The molecule has 0 aromatic heterocycles. The second-order valence-corrected chi connectivity index (χ2v) is 7.78. The molecule has 1 fully saturated rings. The van der Waals surface area contributed by atoms with Crippen molar-refractivity contribution in [1.82, 2.24) is 10.2 Å². The quantitative estimate of drug-likeness (QED) is 0.556. The van der Waals surface area contributed by atoms with Gasteiger partial charge >= 0.3 is 0 Å². The normalized spacial score (nSPS) is 13.8. The zero-order valence-electron chi connectivity index (χ0n) is 18.4.